The van der Waals surface area contributed by atoms with Gasteiger partial charge in [0.25, 0.3) is 0 Å². The van der Waals surface area contributed by atoms with Gasteiger partial charge in [-0.05, 0) is 45.6 Å². The number of hydrogen-bond donors (Lipinski definition) is 2. The van der Waals surface area contributed by atoms with Crippen LogP contribution >= 0.6 is 11.8 Å². The predicted molar refractivity (Wildman–Crippen MR) is 79.5 cm³/mol. The minimum atomic E-state index is -0.561. The Hall–Kier alpha value is -0.910. The predicted octanol–water partition coefficient (Wildman–Crippen LogP) is 2.16. The van der Waals surface area contributed by atoms with E-state index >= 15 is 0 Å². The summed E-state index contributed by atoms with van der Waals surface area (Å²) in [6.45, 7) is 7.98. The zero-order valence-electron chi connectivity index (χ0n) is 12.5. The molecule has 6 heteroatoms. The standard InChI is InChI=1S/C13H26N2O3S/c1-6-8-14-11(16)10(7-9-19-5)15-12(17)18-13(2,3)4/h10H,6-9H2,1-5H3,(H,14,16)(H,15,17). The summed E-state index contributed by atoms with van der Waals surface area (Å²) in [5, 5.41) is 5.42. The minimum absolute atomic E-state index is 0.151. The third kappa shape index (κ3) is 9.64. The van der Waals surface area contributed by atoms with Crippen molar-refractivity contribution in [3.63, 3.8) is 0 Å². The van der Waals surface area contributed by atoms with Crippen molar-refractivity contribution in [3.05, 3.63) is 0 Å². The molecule has 0 aliphatic rings. The fraction of sp³-hybridized carbons (Fsp3) is 0.846. The Morgan fingerprint density at radius 1 is 1.32 bits per heavy atom. The molecule has 0 rings (SSSR count). The normalized spacial score (nSPS) is 12.7. The van der Waals surface area contributed by atoms with Gasteiger partial charge in [-0.1, -0.05) is 6.92 Å². The molecular formula is C13H26N2O3S. The van der Waals surface area contributed by atoms with Crippen molar-refractivity contribution in [1.29, 1.82) is 0 Å². The average molecular weight is 290 g/mol. The number of alkyl carbamates (subject to hydrolysis) is 1. The molecule has 5 nitrogen and oxygen atoms in total. The maximum absolute atomic E-state index is 11.9. The second-order valence-corrected chi connectivity index (χ2v) is 6.26. The van der Waals surface area contributed by atoms with Crippen LogP contribution in [0.3, 0.4) is 0 Å². The summed E-state index contributed by atoms with van der Waals surface area (Å²) in [6, 6.07) is -0.533. The molecule has 0 aromatic heterocycles. The summed E-state index contributed by atoms with van der Waals surface area (Å²) in [7, 11) is 0. The lowest BCUT2D eigenvalue weighted by Crippen LogP contribution is -2.48. The lowest BCUT2D eigenvalue weighted by Gasteiger charge is -2.23. The molecule has 2 N–H and O–H groups in total. The van der Waals surface area contributed by atoms with Crippen molar-refractivity contribution >= 4 is 23.8 Å². The molecule has 0 aliphatic heterocycles. The summed E-state index contributed by atoms with van der Waals surface area (Å²) in [6.07, 6.45) is 2.88. The van der Waals surface area contributed by atoms with Crippen LogP contribution in [0.1, 0.15) is 40.5 Å². The van der Waals surface area contributed by atoms with Crippen molar-refractivity contribution in [1.82, 2.24) is 10.6 Å². The van der Waals surface area contributed by atoms with Crippen LogP contribution in [0, 0.1) is 0 Å². The number of carbonyl (C=O) groups excluding carboxylic acids is 2. The molecule has 1 unspecified atom stereocenters. The van der Waals surface area contributed by atoms with E-state index in [1.807, 2.05) is 13.2 Å². The van der Waals surface area contributed by atoms with E-state index in [0.717, 1.165) is 12.2 Å². The van der Waals surface area contributed by atoms with Gasteiger partial charge in [-0.25, -0.2) is 4.79 Å². The number of amides is 2. The third-order valence-corrected chi connectivity index (χ3v) is 2.81. The van der Waals surface area contributed by atoms with E-state index in [4.69, 9.17) is 4.74 Å². The number of ether oxygens (including phenoxy) is 1. The highest BCUT2D eigenvalue weighted by atomic mass is 32.2. The molecule has 0 aromatic carbocycles. The molecule has 112 valence electrons. The molecule has 2 amide bonds. The van der Waals surface area contributed by atoms with E-state index in [1.54, 1.807) is 32.5 Å². The number of rotatable bonds is 7. The summed E-state index contributed by atoms with van der Waals surface area (Å²) >= 11 is 1.64. The van der Waals surface area contributed by atoms with Gasteiger partial charge in [0.05, 0.1) is 0 Å². The van der Waals surface area contributed by atoms with Crippen molar-refractivity contribution in [2.75, 3.05) is 18.6 Å². The Kier molecular flexibility index (Phi) is 8.63. The lowest BCUT2D eigenvalue weighted by atomic mass is 10.2. The zero-order valence-corrected chi connectivity index (χ0v) is 13.4. The zero-order chi connectivity index (χ0) is 14.9. The number of thioether (sulfide) groups is 1. The first-order chi connectivity index (χ1) is 8.80. The fourth-order valence-corrected chi connectivity index (χ4v) is 1.80. The monoisotopic (exact) mass is 290 g/mol. The maximum Gasteiger partial charge on any atom is 0.408 e. The largest absolute Gasteiger partial charge is 0.444 e. The van der Waals surface area contributed by atoms with Crippen LogP contribution < -0.4 is 10.6 Å². The quantitative estimate of drug-likeness (QED) is 0.754. The van der Waals surface area contributed by atoms with Crippen molar-refractivity contribution in [2.24, 2.45) is 0 Å². The Bertz CT molecular complexity index is 290. The van der Waals surface area contributed by atoms with E-state index < -0.39 is 17.7 Å². The summed E-state index contributed by atoms with van der Waals surface area (Å²) in [5.74, 6) is 0.654. The number of nitrogens with one attached hydrogen (secondary N) is 2. The van der Waals surface area contributed by atoms with Gasteiger partial charge in [0, 0.05) is 6.54 Å². The Balaban J connectivity index is 4.41. The molecule has 19 heavy (non-hydrogen) atoms. The second kappa shape index (κ2) is 9.07. The second-order valence-electron chi connectivity index (χ2n) is 5.27. The van der Waals surface area contributed by atoms with Gasteiger partial charge in [-0.2, -0.15) is 11.8 Å². The molecule has 0 spiro atoms. The Morgan fingerprint density at radius 2 is 1.95 bits per heavy atom. The van der Waals surface area contributed by atoms with E-state index in [2.05, 4.69) is 10.6 Å². The van der Waals surface area contributed by atoms with E-state index in [1.165, 1.54) is 0 Å². The topological polar surface area (TPSA) is 67.4 Å². The van der Waals surface area contributed by atoms with Gasteiger partial charge < -0.3 is 15.4 Å². The molecular weight excluding hydrogens is 264 g/mol. The Morgan fingerprint density at radius 3 is 2.42 bits per heavy atom. The fourth-order valence-electron chi connectivity index (χ4n) is 1.33. The Labute approximate surface area is 120 Å². The van der Waals surface area contributed by atoms with Crippen LogP contribution in [0.15, 0.2) is 0 Å². The SMILES string of the molecule is CCCNC(=O)C(CCSC)NC(=O)OC(C)(C)C. The van der Waals surface area contributed by atoms with Crippen molar-refractivity contribution < 1.29 is 14.3 Å². The molecule has 1 atom stereocenters. The van der Waals surface area contributed by atoms with Gasteiger partial charge in [-0.15, -0.1) is 0 Å². The molecule has 0 radical (unpaired) electrons. The van der Waals surface area contributed by atoms with Crippen LogP contribution in [0.2, 0.25) is 0 Å². The molecule has 0 saturated carbocycles. The molecule has 0 saturated heterocycles. The molecule has 0 heterocycles. The van der Waals surface area contributed by atoms with Crippen molar-refractivity contribution in [3.8, 4) is 0 Å². The van der Waals surface area contributed by atoms with E-state index in [9.17, 15) is 9.59 Å². The number of carbonyl (C=O) groups is 2. The van der Waals surface area contributed by atoms with Crippen LogP contribution in [0.5, 0.6) is 0 Å². The summed E-state index contributed by atoms with van der Waals surface area (Å²) in [4.78, 5) is 23.6. The highest BCUT2D eigenvalue weighted by Gasteiger charge is 2.23. The smallest absolute Gasteiger partial charge is 0.408 e. The number of hydrogen-bond acceptors (Lipinski definition) is 4. The molecule has 0 bridgehead atoms. The van der Waals surface area contributed by atoms with Gasteiger partial charge in [0.1, 0.15) is 11.6 Å². The maximum atomic E-state index is 11.9. The molecule has 0 aliphatic carbocycles. The highest BCUT2D eigenvalue weighted by Crippen LogP contribution is 2.08. The van der Waals surface area contributed by atoms with Crippen molar-refractivity contribution in [2.45, 2.75) is 52.2 Å². The first kappa shape index (κ1) is 18.1. The molecule has 0 aromatic rings. The van der Waals surface area contributed by atoms with E-state index in [0.29, 0.717) is 13.0 Å². The summed E-state index contributed by atoms with van der Waals surface area (Å²) in [5.41, 5.74) is -0.561. The first-order valence-electron chi connectivity index (χ1n) is 6.56. The van der Waals surface area contributed by atoms with Gasteiger partial charge in [-0.3, -0.25) is 4.79 Å². The van der Waals surface area contributed by atoms with Crippen LogP contribution in [-0.2, 0) is 9.53 Å². The summed E-state index contributed by atoms with van der Waals surface area (Å²) < 4.78 is 5.17. The molecule has 0 fully saturated rings. The lowest BCUT2D eigenvalue weighted by molar-refractivity contribution is -0.123. The average Bonchev–Trinajstić information content (AvgIpc) is 2.29. The van der Waals surface area contributed by atoms with Gasteiger partial charge in [0.15, 0.2) is 0 Å². The van der Waals surface area contributed by atoms with Crippen LogP contribution in [0.25, 0.3) is 0 Å². The van der Waals surface area contributed by atoms with Gasteiger partial charge in [0.2, 0.25) is 5.91 Å². The first-order valence-corrected chi connectivity index (χ1v) is 7.95. The minimum Gasteiger partial charge on any atom is -0.444 e. The van der Waals surface area contributed by atoms with E-state index in [-0.39, 0.29) is 5.91 Å². The van der Waals surface area contributed by atoms with Crippen LogP contribution in [0.4, 0.5) is 4.79 Å². The highest BCUT2D eigenvalue weighted by molar-refractivity contribution is 7.98. The van der Waals surface area contributed by atoms with Gasteiger partial charge >= 0.3 is 6.09 Å². The third-order valence-electron chi connectivity index (χ3n) is 2.17. The van der Waals surface area contributed by atoms with Crippen LogP contribution in [-0.4, -0.2) is 42.2 Å².